The fourth-order valence-electron chi connectivity index (χ4n) is 1.99. The van der Waals surface area contributed by atoms with E-state index in [0.29, 0.717) is 9.65 Å². The first kappa shape index (κ1) is 8.52. The van der Waals surface area contributed by atoms with E-state index >= 15 is 0 Å². The van der Waals surface area contributed by atoms with E-state index in [1.54, 1.807) is 0 Å². The highest BCUT2D eigenvalue weighted by molar-refractivity contribution is 9.12. The van der Waals surface area contributed by atoms with E-state index in [1.807, 2.05) is 0 Å². The number of fused-ring (bicyclic) bond motifs is 1. The zero-order chi connectivity index (χ0) is 8.28. The smallest absolute Gasteiger partial charge is 0.0960 e. The van der Waals surface area contributed by atoms with Gasteiger partial charge in [-0.15, -0.1) is 0 Å². The van der Waals surface area contributed by atoms with Crippen molar-refractivity contribution < 1.29 is 4.74 Å². The highest BCUT2D eigenvalue weighted by atomic mass is 79.9. The van der Waals surface area contributed by atoms with Gasteiger partial charge in [-0.3, -0.25) is 0 Å². The van der Waals surface area contributed by atoms with Crippen molar-refractivity contribution in [3.8, 4) is 0 Å². The molecule has 2 fully saturated rings. The summed E-state index contributed by atoms with van der Waals surface area (Å²) in [5, 5.41) is 0. The van der Waals surface area contributed by atoms with E-state index in [-0.39, 0.29) is 11.2 Å². The second-order valence-corrected chi connectivity index (χ2v) is 6.36. The predicted molar refractivity (Wildman–Crippen MR) is 52.6 cm³/mol. The third kappa shape index (κ3) is 1.11. The molecule has 0 aromatic rings. The Kier molecular flexibility index (Phi) is 1.73. The number of halogens is 2. The predicted octanol–water partition coefficient (Wildman–Crippen LogP) is 2.85. The number of ether oxygens (including phenoxy) is 1. The molecular weight excluding hydrogens is 272 g/mol. The quantitative estimate of drug-likeness (QED) is 0.492. The van der Waals surface area contributed by atoms with Gasteiger partial charge >= 0.3 is 0 Å². The molecule has 3 heteroatoms. The molecule has 2 rings (SSSR count). The summed E-state index contributed by atoms with van der Waals surface area (Å²) >= 11 is 7.31. The van der Waals surface area contributed by atoms with E-state index in [4.69, 9.17) is 4.74 Å². The Labute approximate surface area is 84.1 Å². The lowest BCUT2D eigenvalue weighted by molar-refractivity contribution is 0.280. The maximum absolute atomic E-state index is 5.73. The summed E-state index contributed by atoms with van der Waals surface area (Å²) < 4.78 is 5.73. The molecule has 4 atom stereocenters. The van der Waals surface area contributed by atoms with Crippen LogP contribution in [0.5, 0.6) is 0 Å². The van der Waals surface area contributed by atoms with E-state index < -0.39 is 0 Å². The largest absolute Gasteiger partial charge is 0.363 e. The van der Waals surface area contributed by atoms with Crippen LogP contribution in [0, 0.1) is 0 Å². The Bertz CT molecular complexity index is 177. The maximum atomic E-state index is 5.73. The van der Waals surface area contributed by atoms with E-state index in [2.05, 4.69) is 45.7 Å². The van der Waals surface area contributed by atoms with E-state index in [1.165, 1.54) is 0 Å². The minimum Gasteiger partial charge on any atom is -0.363 e. The topological polar surface area (TPSA) is 12.5 Å². The average molecular weight is 284 g/mol. The normalized spacial score (nSPS) is 62.2. The lowest BCUT2D eigenvalue weighted by atomic mass is 9.82. The van der Waals surface area contributed by atoms with E-state index in [0.717, 1.165) is 12.8 Å². The van der Waals surface area contributed by atoms with Gasteiger partial charge in [0.25, 0.3) is 0 Å². The van der Waals surface area contributed by atoms with Gasteiger partial charge in [0.15, 0.2) is 0 Å². The Morgan fingerprint density at radius 2 is 1.45 bits per heavy atom. The summed E-state index contributed by atoms with van der Waals surface area (Å²) in [6, 6.07) is 0. The van der Waals surface area contributed by atoms with Gasteiger partial charge in [-0.25, -0.2) is 0 Å². The highest BCUT2D eigenvalue weighted by Gasteiger charge is 2.67. The van der Waals surface area contributed by atoms with Gasteiger partial charge in [0.05, 0.1) is 11.2 Å². The first-order valence-corrected chi connectivity index (χ1v) is 5.78. The fourth-order valence-corrected chi connectivity index (χ4v) is 3.60. The van der Waals surface area contributed by atoms with Crippen molar-refractivity contribution in [2.75, 3.05) is 0 Å². The van der Waals surface area contributed by atoms with Gasteiger partial charge in [0.2, 0.25) is 0 Å². The number of hydrogen-bond donors (Lipinski definition) is 0. The highest BCUT2D eigenvalue weighted by Crippen LogP contribution is 2.59. The Morgan fingerprint density at radius 1 is 1.09 bits per heavy atom. The molecule has 1 nitrogen and oxygen atoms in total. The first-order chi connectivity index (χ1) is 4.97. The molecule has 0 spiro atoms. The van der Waals surface area contributed by atoms with Crippen molar-refractivity contribution >= 4 is 31.9 Å². The lowest BCUT2D eigenvalue weighted by Crippen LogP contribution is -2.36. The van der Waals surface area contributed by atoms with Gasteiger partial charge in [0.1, 0.15) is 0 Å². The third-order valence-electron chi connectivity index (χ3n) is 3.09. The fraction of sp³-hybridized carbons (Fsp3) is 1.00. The molecule has 11 heavy (non-hydrogen) atoms. The number of hydrogen-bond acceptors (Lipinski definition) is 1. The first-order valence-electron chi connectivity index (χ1n) is 3.95. The van der Waals surface area contributed by atoms with Crippen molar-refractivity contribution in [2.24, 2.45) is 0 Å². The molecule has 0 aromatic carbocycles. The Morgan fingerprint density at radius 3 is 1.82 bits per heavy atom. The standard InChI is InChI=1S/C8H12Br2O/c1-7-3-5(9)6(10)4-8(7,2)11-7/h5-6H,3-4H2,1-2H3/t5-,6-,7+,8+/m1/s1. The van der Waals surface area contributed by atoms with Gasteiger partial charge in [-0.2, -0.15) is 0 Å². The molecule has 0 aromatic heterocycles. The van der Waals surface area contributed by atoms with Gasteiger partial charge in [-0.1, -0.05) is 31.9 Å². The van der Waals surface area contributed by atoms with Crippen LogP contribution in [0.2, 0.25) is 0 Å². The summed E-state index contributed by atoms with van der Waals surface area (Å²) in [6.07, 6.45) is 2.25. The molecular formula is C8H12Br2O. The van der Waals surface area contributed by atoms with Crippen LogP contribution in [0.3, 0.4) is 0 Å². The Balaban J connectivity index is 2.15. The third-order valence-corrected chi connectivity index (χ3v) is 5.72. The van der Waals surface area contributed by atoms with Gasteiger partial charge < -0.3 is 4.74 Å². The van der Waals surface area contributed by atoms with Crippen LogP contribution in [0.25, 0.3) is 0 Å². The van der Waals surface area contributed by atoms with Crippen molar-refractivity contribution in [1.29, 1.82) is 0 Å². The second-order valence-electron chi connectivity index (χ2n) is 4.00. The molecule has 0 amide bonds. The van der Waals surface area contributed by atoms with Crippen molar-refractivity contribution in [3.63, 3.8) is 0 Å². The summed E-state index contributed by atoms with van der Waals surface area (Å²) in [4.78, 5) is 1.14. The Hall–Kier alpha value is 0.920. The summed E-state index contributed by atoms with van der Waals surface area (Å²) in [5.74, 6) is 0. The molecule has 0 unspecified atom stereocenters. The molecule has 1 heterocycles. The minimum absolute atomic E-state index is 0.158. The van der Waals surface area contributed by atoms with Gasteiger partial charge in [0, 0.05) is 9.65 Å². The molecule has 1 saturated carbocycles. The number of alkyl halides is 2. The van der Waals surface area contributed by atoms with Crippen LogP contribution in [0.4, 0.5) is 0 Å². The van der Waals surface area contributed by atoms with Crippen LogP contribution in [0.1, 0.15) is 26.7 Å². The lowest BCUT2D eigenvalue weighted by Gasteiger charge is -2.27. The zero-order valence-electron chi connectivity index (χ0n) is 6.73. The van der Waals surface area contributed by atoms with Crippen LogP contribution >= 0.6 is 31.9 Å². The van der Waals surface area contributed by atoms with Crippen LogP contribution < -0.4 is 0 Å². The molecule has 1 aliphatic carbocycles. The molecule has 2 aliphatic rings. The minimum atomic E-state index is 0.158. The summed E-state index contributed by atoms with van der Waals surface area (Å²) in [6.45, 7) is 4.42. The number of rotatable bonds is 0. The molecule has 0 radical (unpaired) electrons. The molecule has 1 saturated heterocycles. The summed E-state index contributed by atoms with van der Waals surface area (Å²) in [7, 11) is 0. The molecule has 0 N–H and O–H groups in total. The zero-order valence-corrected chi connectivity index (χ0v) is 9.91. The monoisotopic (exact) mass is 282 g/mol. The second kappa shape index (κ2) is 2.24. The van der Waals surface area contributed by atoms with Crippen molar-refractivity contribution in [1.82, 2.24) is 0 Å². The van der Waals surface area contributed by atoms with Crippen LogP contribution in [-0.2, 0) is 4.74 Å². The maximum Gasteiger partial charge on any atom is 0.0960 e. The molecule has 64 valence electrons. The van der Waals surface area contributed by atoms with Crippen molar-refractivity contribution in [2.45, 2.75) is 47.5 Å². The van der Waals surface area contributed by atoms with E-state index in [9.17, 15) is 0 Å². The number of epoxide rings is 1. The van der Waals surface area contributed by atoms with Crippen LogP contribution in [0.15, 0.2) is 0 Å². The molecule has 0 bridgehead atoms. The SMILES string of the molecule is C[C@]12C[C@@H](Br)[C@H](Br)C[C@]1(C)O2. The van der Waals surface area contributed by atoms with Crippen molar-refractivity contribution in [3.05, 3.63) is 0 Å². The van der Waals surface area contributed by atoms with Gasteiger partial charge in [-0.05, 0) is 26.7 Å². The average Bonchev–Trinajstić information content (AvgIpc) is 2.33. The summed E-state index contributed by atoms with van der Waals surface area (Å²) in [5.41, 5.74) is 0.316. The van der Waals surface area contributed by atoms with Crippen LogP contribution in [-0.4, -0.2) is 20.9 Å². The molecule has 1 aliphatic heterocycles.